The maximum atomic E-state index is 13.9. The molecule has 140 valence electrons. The van der Waals surface area contributed by atoms with Gasteiger partial charge in [0.15, 0.2) is 11.6 Å². The minimum Gasteiger partial charge on any atom is -0.494 e. The summed E-state index contributed by atoms with van der Waals surface area (Å²) in [4.78, 5) is 36.4. The molecule has 3 amide bonds. The SMILES string of the molecule is COc1ccc(CN2C(=O)NC(C)(c3ccc([N+](=O)[O-])cc3)C2=O)cc1F. The van der Waals surface area contributed by atoms with E-state index in [2.05, 4.69) is 5.32 Å². The molecule has 0 aliphatic carbocycles. The molecule has 9 heteroatoms. The van der Waals surface area contributed by atoms with E-state index < -0.39 is 28.2 Å². The smallest absolute Gasteiger partial charge is 0.325 e. The number of imide groups is 1. The molecule has 2 aromatic carbocycles. The second kappa shape index (κ2) is 6.67. The topological polar surface area (TPSA) is 102 Å². The van der Waals surface area contributed by atoms with E-state index in [0.717, 1.165) is 4.90 Å². The summed E-state index contributed by atoms with van der Waals surface area (Å²) >= 11 is 0. The molecule has 1 fully saturated rings. The lowest BCUT2D eigenvalue weighted by Gasteiger charge is -2.22. The van der Waals surface area contributed by atoms with Crippen LogP contribution in [0.1, 0.15) is 18.1 Å². The molecule has 1 unspecified atom stereocenters. The Bertz CT molecular complexity index is 931. The third kappa shape index (κ3) is 3.19. The van der Waals surface area contributed by atoms with Crippen molar-refractivity contribution in [1.82, 2.24) is 10.2 Å². The Balaban J connectivity index is 1.85. The molecule has 1 aliphatic heterocycles. The lowest BCUT2D eigenvalue weighted by Crippen LogP contribution is -2.40. The van der Waals surface area contributed by atoms with E-state index in [1.807, 2.05) is 0 Å². The lowest BCUT2D eigenvalue weighted by atomic mass is 9.92. The first kappa shape index (κ1) is 18.3. The second-order valence-corrected chi connectivity index (χ2v) is 6.22. The van der Waals surface area contributed by atoms with Crippen LogP contribution in [0.2, 0.25) is 0 Å². The van der Waals surface area contributed by atoms with Gasteiger partial charge in [-0.1, -0.05) is 6.07 Å². The summed E-state index contributed by atoms with van der Waals surface area (Å²) in [6, 6.07) is 8.92. The van der Waals surface area contributed by atoms with Crippen molar-refractivity contribution in [2.45, 2.75) is 19.0 Å². The van der Waals surface area contributed by atoms with Crippen LogP contribution in [0, 0.1) is 15.9 Å². The number of halogens is 1. The molecule has 2 aromatic rings. The summed E-state index contributed by atoms with van der Waals surface area (Å²) in [7, 11) is 1.34. The van der Waals surface area contributed by atoms with Gasteiger partial charge in [-0.15, -0.1) is 0 Å². The van der Waals surface area contributed by atoms with Gasteiger partial charge < -0.3 is 10.1 Å². The first-order valence-electron chi connectivity index (χ1n) is 7.97. The summed E-state index contributed by atoms with van der Waals surface area (Å²) in [5.41, 5.74) is -0.652. The van der Waals surface area contributed by atoms with Crippen LogP contribution in [0.25, 0.3) is 0 Å². The average molecular weight is 373 g/mol. The number of nitro benzene ring substituents is 1. The highest BCUT2D eigenvalue weighted by Crippen LogP contribution is 2.31. The highest BCUT2D eigenvalue weighted by molar-refractivity contribution is 6.07. The fourth-order valence-electron chi connectivity index (χ4n) is 2.94. The average Bonchev–Trinajstić information content (AvgIpc) is 2.86. The van der Waals surface area contributed by atoms with E-state index in [1.165, 1.54) is 50.4 Å². The van der Waals surface area contributed by atoms with Crippen LogP contribution in [0.3, 0.4) is 0 Å². The van der Waals surface area contributed by atoms with Gasteiger partial charge in [-0.3, -0.25) is 19.8 Å². The van der Waals surface area contributed by atoms with E-state index in [-0.39, 0.29) is 18.0 Å². The number of nitro groups is 1. The molecule has 1 aliphatic rings. The van der Waals surface area contributed by atoms with Crippen LogP contribution >= 0.6 is 0 Å². The van der Waals surface area contributed by atoms with Gasteiger partial charge in [-0.25, -0.2) is 9.18 Å². The molecular formula is C18H16FN3O5. The molecule has 0 bridgehead atoms. The highest BCUT2D eigenvalue weighted by Gasteiger charge is 2.49. The van der Waals surface area contributed by atoms with Gasteiger partial charge in [0.05, 0.1) is 18.6 Å². The van der Waals surface area contributed by atoms with Crippen LogP contribution in [0.15, 0.2) is 42.5 Å². The molecule has 1 atom stereocenters. The minimum absolute atomic E-state index is 0.0617. The number of benzene rings is 2. The van der Waals surface area contributed by atoms with Crippen molar-refractivity contribution in [3.63, 3.8) is 0 Å². The zero-order chi connectivity index (χ0) is 19.8. The first-order valence-corrected chi connectivity index (χ1v) is 7.97. The maximum absolute atomic E-state index is 13.9. The van der Waals surface area contributed by atoms with Crippen LogP contribution in [-0.4, -0.2) is 28.9 Å². The molecule has 8 nitrogen and oxygen atoms in total. The number of carbonyl (C=O) groups excluding carboxylic acids is 2. The van der Waals surface area contributed by atoms with Crippen LogP contribution in [-0.2, 0) is 16.9 Å². The summed E-state index contributed by atoms with van der Waals surface area (Å²) in [5.74, 6) is -1.07. The van der Waals surface area contributed by atoms with E-state index in [1.54, 1.807) is 6.07 Å². The van der Waals surface area contributed by atoms with Gasteiger partial charge in [0.1, 0.15) is 5.54 Å². The molecule has 1 N–H and O–H groups in total. The van der Waals surface area contributed by atoms with Crippen LogP contribution in [0.4, 0.5) is 14.9 Å². The fourth-order valence-corrected chi connectivity index (χ4v) is 2.94. The standard InChI is InChI=1S/C18H16FN3O5/c1-18(12-4-6-13(7-5-12)22(25)26)16(23)21(17(24)20-18)10-11-3-8-15(27-2)14(19)9-11/h3-9H,10H2,1-2H3,(H,20,24). The molecule has 0 radical (unpaired) electrons. The Kier molecular flexibility index (Phi) is 4.52. The van der Waals surface area contributed by atoms with Gasteiger partial charge in [-0.2, -0.15) is 0 Å². The quantitative estimate of drug-likeness (QED) is 0.493. The van der Waals surface area contributed by atoms with Gasteiger partial charge >= 0.3 is 6.03 Å². The van der Waals surface area contributed by atoms with Gasteiger partial charge in [0.2, 0.25) is 0 Å². The first-order chi connectivity index (χ1) is 12.8. The number of hydrogen-bond donors (Lipinski definition) is 1. The molecule has 0 saturated carbocycles. The number of urea groups is 1. The maximum Gasteiger partial charge on any atom is 0.325 e. The predicted molar refractivity (Wildman–Crippen MR) is 92.5 cm³/mol. The molecule has 1 saturated heterocycles. The number of hydrogen-bond acceptors (Lipinski definition) is 5. The number of carbonyl (C=O) groups is 2. The zero-order valence-corrected chi connectivity index (χ0v) is 14.6. The van der Waals surface area contributed by atoms with Gasteiger partial charge in [0, 0.05) is 12.1 Å². The van der Waals surface area contributed by atoms with Gasteiger partial charge in [-0.05, 0) is 42.3 Å². The van der Waals surface area contributed by atoms with E-state index in [0.29, 0.717) is 11.1 Å². The fraction of sp³-hybridized carbons (Fsp3) is 0.222. The predicted octanol–water partition coefficient (Wildman–Crippen LogP) is 2.71. The molecule has 0 spiro atoms. The number of amides is 3. The third-order valence-electron chi connectivity index (χ3n) is 4.49. The monoisotopic (exact) mass is 373 g/mol. The second-order valence-electron chi connectivity index (χ2n) is 6.22. The van der Waals surface area contributed by atoms with Crippen LogP contribution < -0.4 is 10.1 Å². The minimum atomic E-state index is -1.36. The Morgan fingerprint density at radius 1 is 1.22 bits per heavy atom. The van der Waals surface area contributed by atoms with Gasteiger partial charge in [0.25, 0.3) is 11.6 Å². The van der Waals surface area contributed by atoms with Crippen molar-refractivity contribution in [1.29, 1.82) is 0 Å². The summed E-state index contributed by atoms with van der Waals surface area (Å²) in [5, 5.41) is 13.4. The molecule has 1 heterocycles. The van der Waals surface area contributed by atoms with Crippen molar-refractivity contribution >= 4 is 17.6 Å². The Morgan fingerprint density at radius 3 is 2.44 bits per heavy atom. The largest absolute Gasteiger partial charge is 0.494 e. The van der Waals surface area contributed by atoms with E-state index in [4.69, 9.17) is 4.74 Å². The molecule has 3 rings (SSSR count). The molecular weight excluding hydrogens is 357 g/mol. The number of non-ortho nitro benzene ring substituents is 1. The summed E-state index contributed by atoms with van der Waals surface area (Å²) < 4.78 is 18.7. The van der Waals surface area contributed by atoms with Crippen molar-refractivity contribution in [3.8, 4) is 5.75 Å². The number of nitrogens with one attached hydrogen (secondary N) is 1. The summed E-state index contributed by atoms with van der Waals surface area (Å²) in [6.45, 7) is 1.40. The number of methoxy groups -OCH3 is 1. The Morgan fingerprint density at radius 2 is 1.89 bits per heavy atom. The van der Waals surface area contributed by atoms with E-state index >= 15 is 0 Å². The number of ether oxygens (including phenoxy) is 1. The van der Waals surface area contributed by atoms with Crippen molar-refractivity contribution in [2.75, 3.05) is 7.11 Å². The van der Waals surface area contributed by atoms with Crippen molar-refractivity contribution in [2.24, 2.45) is 0 Å². The lowest BCUT2D eigenvalue weighted by molar-refractivity contribution is -0.384. The molecule has 0 aromatic heterocycles. The molecule has 27 heavy (non-hydrogen) atoms. The third-order valence-corrected chi connectivity index (χ3v) is 4.49. The highest BCUT2D eigenvalue weighted by atomic mass is 19.1. The van der Waals surface area contributed by atoms with Crippen molar-refractivity contribution in [3.05, 3.63) is 69.5 Å². The summed E-state index contributed by atoms with van der Waals surface area (Å²) in [6.07, 6.45) is 0. The van der Waals surface area contributed by atoms with Crippen LogP contribution in [0.5, 0.6) is 5.75 Å². The Labute approximate surface area is 153 Å². The van der Waals surface area contributed by atoms with Crippen molar-refractivity contribution < 1.29 is 23.6 Å². The van der Waals surface area contributed by atoms with E-state index in [9.17, 15) is 24.1 Å². The zero-order valence-electron chi connectivity index (χ0n) is 14.6. The number of nitrogens with zero attached hydrogens (tertiary/aromatic N) is 2. The Hall–Kier alpha value is -3.49. The normalized spacial score (nSPS) is 19.1. The number of rotatable bonds is 5.